The Morgan fingerprint density at radius 3 is 2.36 bits per heavy atom. The van der Waals surface area contributed by atoms with Gasteiger partial charge >= 0.3 is 6.03 Å². The van der Waals surface area contributed by atoms with Gasteiger partial charge in [-0.3, -0.25) is 0 Å². The summed E-state index contributed by atoms with van der Waals surface area (Å²) in [4.78, 5) is 13.7. The van der Waals surface area contributed by atoms with Crippen LogP contribution in [0.5, 0.6) is 0 Å². The van der Waals surface area contributed by atoms with E-state index in [1.165, 1.54) is 7.05 Å². The molecular weight excluding hydrogens is 306 g/mol. The summed E-state index contributed by atoms with van der Waals surface area (Å²) in [7, 11) is -1.87. The number of nitrogens with zero attached hydrogens (tertiary/aromatic N) is 1. The Morgan fingerprint density at radius 2 is 1.77 bits per heavy atom. The number of hydrogen-bond donors (Lipinski definition) is 2. The van der Waals surface area contributed by atoms with Gasteiger partial charge in [0, 0.05) is 19.6 Å². The number of sulfonamides is 1. The molecular formula is C14H21N3O4S. The second-order valence-corrected chi connectivity index (χ2v) is 6.96. The van der Waals surface area contributed by atoms with Crippen molar-refractivity contribution in [2.75, 3.05) is 33.4 Å². The number of ether oxygens (including phenoxy) is 1. The van der Waals surface area contributed by atoms with E-state index in [2.05, 4.69) is 10.0 Å². The molecule has 0 aliphatic carbocycles. The lowest BCUT2D eigenvalue weighted by atomic mass is 10.1. The normalized spacial score (nSPS) is 15.6. The molecule has 122 valence electrons. The van der Waals surface area contributed by atoms with Crippen LogP contribution in [0.3, 0.4) is 0 Å². The molecule has 0 aromatic heterocycles. The number of rotatable bonds is 5. The van der Waals surface area contributed by atoms with E-state index in [0.29, 0.717) is 38.4 Å². The Kier molecular flexibility index (Phi) is 5.76. The highest BCUT2D eigenvalue weighted by Crippen LogP contribution is 2.08. The van der Waals surface area contributed by atoms with E-state index in [9.17, 15) is 13.2 Å². The Bertz CT molecular complexity index is 595. The summed E-state index contributed by atoms with van der Waals surface area (Å²) in [5.41, 5.74) is 1.63. The molecule has 1 heterocycles. The smallest absolute Gasteiger partial charge is 0.317 e. The van der Waals surface area contributed by atoms with E-state index in [0.717, 1.165) is 5.56 Å². The zero-order valence-corrected chi connectivity index (χ0v) is 13.4. The average molecular weight is 327 g/mol. The minimum Gasteiger partial charge on any atom is -0.378 e. The van der Waals surface area contributed by atoms with Crippen molar-refractivity contribution in [3.05, 3.63) is 35.4 Å². The summed E-state index contributed by atoms with van der Waals surface area (Å²) in [6, 6.07) is 7.04. The van der Waals surface area contributed by atoms with E-state index >= 15 is 0 Å². The van der Waals surface area contributed by atoms with Crippen molar-refractivity contribution in [2.24, 2.45) is 0 Å². The third-order valence-electron chi connectivity index (χ3n) is 3.43. The first kappa shape index (κ1) is 16.7. The molecule has 0 unspecified atom stereocenters. The van der Waals surface area contributed by atoms with Gasteiger partial charge in [0.05, 0.1) is 19.0 Å². The summed E-state index contributed by atoms with van der Waals surface area (Å²) < 4.78 is 30.4. The fourth-order valence-electron chi connectivity index (χ4n) is 2.10. The fraction of sp³-hybridized carbons (Fsp3) is 0.500. The van der Waals surface area contributed by atoms with Crippen molar-refractivity contribution in [1.29, 1.82) is 0 Å². The molecule has 1 aromatic rings. The summed E-state index contributed by atoms with van der Waals surface area (Å²) in [5.74, 6) is -0.0517. The fourth-order valence-corrected chi connectivity index (χ4v) is 2.88. The molecule has 1 aromatic carbocycles. The van der Waals surface area contributed by atoms with Crippen LogP contribution < -0.4 is 10.0 Å². The molecule has 8 heteroatoms. The number of amides is 2. The van der Waals surface area contributed by atoms with Crippen LogP contribution in [-0.2, 0) is 27.1 Å². The highest BCUT2D eigenvalue weighted by molar-refractivity contribution is 7.88. The summed E-state index contributed by atoms with van der Waals surface area (Å²) in [5, 5.41) is 2.85. The maximum atomic E-state index is 11.9. The highest BCUT2D eigenvalue weighted by Gasteiger charge is 2.16. The van der Waals surface area contributed by atoms with Crippen molar-refractivity contribution in [3.8, 4) is 0 Å². The second-order valence-electron chi connectivity index (χ2n) is 5.04. The first-order valence-electron chi connectivity index (χ1n) is 7.10. The first-order valence-corrected chi connectivity index (χ1v) is 8.75. The molecule has 0 saturated carbocycles. The quantitative estimate of drug-likeness (QED) is 0.813. The number of carbonyl (C=O) groups excluding carboxylic acids is 1. The van der Waals surface area contributed by atoms with Crippen LogP contribution in [0.25, 0.3) is 0 Å². The monoisotopic (exact) mass is 327 g/mol. The standard InChI is InChI=1S/C14H21N3O4S/c1-15-22(19,20)11-13-4-2-12(3-5-13)10-16-14(18)17-6-8-21-9-7-17/h2-5,15H,6-11H2,1H3,(H,16,18). The zero-order valence-electron chi connectivity index (χ0n) is 12.5. The van der Waals surface area contributed by atoms with Gasteiger partial charge in [0.15, 0.2) is 0 Å². The molecule has 1 fully saturated rings. The first-order chi connectivity index (χ1) is 10.5. The van der Waals surface area contributed by atoms with Crippen LogP contribution in [0.15, 0.2) is 24.3 Å². The zero-order chi connectivity index (χ0) is 16.0. The Hall–Kier alpha value is -1.64. The van der Waals surface area contributed by atoms with E-state index in [-0.39, 0.29) is 11.8 Å². The SMILES string of the molecule is CNS(=O)(=O)Cc1ccc(CNC(=O)N2CCOCC2)cc1. The molecule has 2 N–H and O–H groups in total. The molecule has 2 amide bonds. The highest BCUT2D eigenvalue weighted by atomic mass is 32.2. The molecule has 22 heavy (non-hydrogen) atoms. The summed E-state index contributed by atoms with van der Waals surface area (Å²) in [6.45, 7) is 2.76. The average Bonchev–Trinajstić information content (AvgIpc) is 2.54. The number of carbonyl (C=O) groups is 1. The van der Waals surface area contributed by atoms with Gasteiger partial charge in [0.25, 0.3) is 0 Å². The second kappa shape index (κ2) is 7.57. The molecule has 1 aliphatic heterocycles. The van der Waals surface area contributed by atoms with Crippen molar-refractivity contribution < 1.29 is 17.9 Å². The maximum Gasteiger partial charge on any atom is 0.317 e. The molecule has 0 spiro atoms. The van der Waals surface area contributed by atoms with Crippen LogP contribution >= 0.6 is 0 Å². The summed E-state index contributed by atoms with van der Waals surface area (Å²) >= 11 is 0. The van der Waals surface area contributed by atoms with Gasteiger partial charge in [-0.15, -0.1) is 0 Å². The van der Waals surface area contributed by atoms with Crippen LogP contribution in [0.2, 0.25) is 0 Å². The van der Waals surface area contributed by atoms with E-state index < -0.39 is 10.0 Å². The van der Waals surface area contributed by atoms with Gasteiger partial charge in [-0.1, -0.05) is 24.3 Å². The third kappa shape index (κ3) is 4.97. The van der Waals surface area contributed by atoms with Gasteiger partial charge in [-0.25, -0.2) is 17.9 Å². The predicted octanol–water partition coefficient (Wildman–Crippen LogP) is 0.278. The molecule has 0 radical (unpaired) electrons. The lowest BCUT2D eigenvalue weighted by Crippen LogP contribution is -2.45. The van der Waals surface area contributed by atoms with Gasteiger partial charge in [0.2, 0.25) is 10.0 Å². The maximum absolute atomic E-state index is 11.9. The minimum absolute atomic E-state index is 0.0517. The topological polar surface area (TPSA) is 87.7 Å². The molecule has 2 rings (SSSR count). The van der Waals surface area contributed by atoms with Gasteiger partial charge in [-0.05, 0) is 18.2 Å². The van der Waals surface area contributed by atoms with Crippen LogP contribution in [-0.4, -0.2) is 52.7 Å². The van der Waals surface area contributed by atoms with Crippen LogP contribution in [0.1, 0.15) is 11.1 Å². The Balaban J connectivity index is 1.84. The third-order valence-corrected chi connectivity index (χ3v) is 4.77. The van der Waals surface area contributed by atoms with Crippen molar-refractivity contribution in [3.63, 3.8) is 0 Å². The number of morpholine rings is 1. The van der Waals surface area contributed by atoms with Crippen LogP contribution in [0.4, 0.5) is 4.79 Å². The lowest BCUT2D eigenvalue weighted by Gasteiger charge is -2.26. The van der Waals surface area contributed by atoms with Crippen molar-refractivity contribution in [1.82, 2.24) is 14.9 Å². The number of nitrogens with one attached hydrogen (secondary N) is 2. The molecule has 1 aliphatic rings. The van der Waals surface area contributed by atoms with Crippen LogP contribution in [0, 0.1) is 0 Å². The van der Waals surface area contributed by atoms with Gasteiger partial charge in [-0.2, -0.15) is 0 Å². The largest absolute Gasteiger partial charge is 0.378 e. The predicted molar refractivity (Wildman–Crippen MR) is 82.8 cm³/mol. The Labute approximate surface area is 130 Å². The van der Waals surface area contributed by atoms with E-state index in [1.54, 1.807) is 17.0 Å². The summed E-state index contributed by atoms with van der Waals surface area (Å²) in [6.07, 6.45) is 0. The molecule has 1 saturated heterocycles. The number of hydrogen-bond acceptors (Lipinski definition) is 4. The molecule has 7 nitrogen and oxygen atoms in total. The van der Waals surface area contributed by atoms with E-state index in [1.807, 2.05) is 12.1 Å². The number of benzene rings is 1. The van der Waals surface area contributed by atoms with E-state index in [4.69, 9.17) is 4.74 Å². The van der Waals surface area contributed by atoms with Gasteiger partial charge < -0.3 is 15.0 Å². The molecule has 0 bridgehead atoms. The Morgan fingerprint density at radius 1 is 1.18 bits per heavy atom. The van der Waals surface area contributed by atoms with Crippen molar-refractivity contribution in [2.45, 2.75) is 12.3 Å². The minimum atomic E-state index is -3.26. The molecule has 0 atom stereocenters. The lowest BCUT2D eigenvalue weighted by molar-refractivity contribution is 0.0531. The van der Waals surface area contributed by atoms with Gasteiger partial charge in [0.1, 0.15) is 0 Å². The number of urea groups is 1. The van der Waals surface area contributed by atoms with Crippen molar-refractivity contribution >= 4 is 16.1 Å².